The number of hydrogen-bond acceptors (Lipinski definition) is 3. The molecule has 0 unspecified atom stereocenters. The Morgan fingerprint density at radius 1 is 0.935 bits per heavy atom. The predicted molar refractivity (Wildman–Crippen MR) is 122 cm³/mol. The lowest BCUT2D eigenvalue weighted by Crippen LogP contribution is -2.42. The number of hydrogen-bond donors (Lipinski definition) is 1. The number of rotatable bonds is 8. The number of amides is 3. The highest BCUT2D eigenvalue weighted by atomic mass is 16.3. The highest BCUT2D eigenvalue weighted by Gasteiger charge is 2.18. The van der Waals surface area contributed by atoms with Crippen LogP contribution in [0.25, 0.3) is 0 Å². The number of nitrogens with one attached hydrogen (secondary N) is 1. The van der Waals surface area contributed by atoms with Crippen LogP contribution in [-0.2, 0) is 24.3 Å². The van der Waals surface area contributed by atoms with Gasteiger partial charge in [0, 0.05) is 18.8 Å². The van der Waals surface area contributed by atoms with Gasteiger partial charge < -0.3 is 14.6 Å². The minimum atomic E-state index is -0.169. The maximum Gasteiger partial charge on any atom is 0.322 e. The van der Waals surface area contributed by atoms with Crippen LogP contribution in [-0.4, -0.2) is 29.9 Å². The predicted octanol–water partition coefficient (Wildman–Crippen LogP) is 4.61. The summed E-state index contributed by atoms with van der Waals surface area (Å²) in [6, 6.07) is 20.9. The van der Waals surface area contributed by atoms with E-state index < -0.39 is 0 Å². The molecule has 162 valence electrons. The molecule has 0 saturated carbocycles. The minimum Gasteiger partial charge on any atom is -0.467 e. The highest BCUT2D eigenvalue weighted by molar-refractivity contribution is 5.92. The van der Waals surface area contributed by atoms with Gasteiger partial charge in [-0.05, 0) is 49.2 Å². The van der Waals surface area contributed by atoms with Crippen LogP contribution in [0.5, 0.6) is 0 Å². The van der Waals surface area contributed by atoms with Crippen LogP contribution in [0, 0.1) is 0 Å². The van der Waals surface area contributed by atoms with Crippen LogP contribution >= 0.6 is 0 Å². The van der Waals surface area contributed by atoms with Crippen molar-refractivity contribution in [2.24, 2.45) is 0 Å². The molecule has 0 bridgehead atoms. The number of nitrogens with zero attached hydrogens (tertiary/aromatic N) is 2. The SMILES string of the molecule is CC(C)NC(=O)N(Cc1ccccc1)c1cccc(CC(=O)N(C)Cc2ccco2)c1. The fourth-order valence-corrected chi connectivity index (χ4v) is 3.24. The van der Waals surface area contributed by atoms with Crippen LogP contribution in [0.15, 0.2) is 77.4 Å². The molecule has 0 saturated heterocycles. The summed E-state index contributed by atoms with van der Waals surface area (Å²) in [6.45, 7) is 4.72. The molecule has 3 amide bonds. The monoisotopic (exact) mass is 419 g/mol. The van der Waals surface area contributed by atoms with E-state index in [2.05, 4.69) is 5.32 Å². The minimum absolute atomic E-state index is 0.0187. The average Bonchev–Trinajstić information content (AvgIpc) is 3.25. The van der Waals surface area contributed by atoms with Crippen molar-refractivity contribution in [3.8, 4) is 0 Å². The Labute approximate surface area is 183 Å². The summed E-state index contributed by atoms with van der Waals surface area (Å²) in [4.78, 5) is 28.9. The van der Waals surface area contributed by atoms with E-state index >= 15 is 0 Å². The van der Waals surface area contributed by atoms with Gasteiger partial charge in [-0.15, -0.1) is 0 Å². The molecule has 0 aliphatic heterocycles. The fraction of sp³-hybridized carbons (Fsp3) is 0.280. The third-order valence-corrected chi connectivity index (χ3v) is 4.82. The lowest BCUT2D eigenvalue weighted by molar-refractivity contribution is -0.129. The van der Waals surface area contributed by atoms with E-state index in [1.54, 1.807) is 29.2 Å². The van der Waals surface area contributed by atoms with E-state index in [0.29, 0.717) is 13.1 Å². The first-order chi connectivity index (χ1) is 14.9. The van der Waals surface area contributed by atoms with Gasteiger partial charge in [0.25, 0.3) is 0 Å². The average molecular weight is 420 g/mol. The van der Waals surface area contributed by atoms with Gasteiger partial charge in [0.05, 0.1) is 25.8 Å². The third-order valence-electron chi connectivity index (χ3n) is 4.82. The molecule has 0 aliphatic rings. The first-order valence-electron chi connectivity index (χ1n) is 10.4. The molecule has 31 heavy (non-hydrogen) atoms. The molecule has 0 fully saturated rings. The molecule has 0 radical (unpaired) electrons. The molecule has 3 aromatic rings. The van der Waals surface area contributed by atoms with Crippen LogP contribution in [0.4, 0.5) is 10.5 Å². The second kappa shape index (κ2) is 10.5. The first-order valence-corrected chi connectivity index (χ1v) is 10.4. The number of carbonyl (C=O) groups excluding carboxylic acids is 2. The van der Waals surface area contributed by atoms with Crippen molar-refractivity contribution < 1.29 is 14.0 Å². The molecule has 2 aromatic carbocycles. The fourth-order valence-electron chi connectivity index (χ4n) is 3.24. The molecular weight excluding hydrogens is 390 g/mol. The van der Waals surface area contributed by atoms with Gasteiger partial charge in [-0.25, -0.2) is 4.79 Å². The number of benzene rings is 2. The topological polar surface area (TPSA) is 65.8 Å². The van der Waals surface area contributed by atoms with Gasteiger partial charge in [0.1, 0.15) is 5.76 Å². The van der Waals surface area contributed by atoms with E-state index in [4.69, 9.17) is 4.42 Å². The summed E-state index contributed by atoms with van der Waals surface area (Å²) < 4.78 is 5.32. The lowest BCUT2D eigenvalue weighted by atomic mass is 10.1. The Bertz CT molecular complexity index is 984. The van der Waals surface area contributed by atoms with Crippen molar-refractivity contribution in [3.63, 3.8) is 0 Å². The van der Waals surface area contributed by atoms with E-state index in [1.165, 1.54) is 0 Å². The molecule has 3 rings (SSSR count). The number of likely N-dealkylation sites (N-methyl/N-ethyl adjacent to an activating group) is 1. The second-order valence-corrected chi connectivity index (χ2v) is 7.85. The molecule has 0 atom stereocenters. The van der Waals surface area contributed by atoms with Gasteiger partial charge >= 0.3 is 6.03 Å². The Balaban J connectivity index is 1.76. The highest BCUT2D eigenvalue weighted by Crippen LogP contribution is 2.20. The lowest BCUT2D eigenvalue weighted by Gasteiger charge is -2.25. The Kier molecular flexibility index (Phi) is 7.49. The molecule has 0 aliphatic carbocycles. The summed E-state index contributed by atoms with van der Waals surface area (Å²) in [7, 11) is 1.76. The molecule has 1 heterocycles. The number of anilines is 1. The third kappa shape index (κ3) is 6.47. The Morgan fingerprint density at radius 3 is 2.35 bits per heavy atom. The van der Waals surface area contributed by atoms with Crippen LogP contribution in [0.1, 0.15) is 30.7 Å². The summed E-state index contributed by atoms with van der Waals surface area (Å²) in [5.74, 6) is 0.721. The van der Waals surface area contributed by atoms with Gasteiger partial charge in [-0.2, -0.15) is 0 Å². The number of carbonyl (C=O) groups is 2. The molecule has 6 heteroatoms. The molecule has 6 nitrogen and oxygen atoms in total. The van der Waals surface area contributed by atoms with Gasteiger partial charge in [-0.3, -0.25) is 9.69 Å². The van der Waals surface area contributed by atoms with E-state index in [0.717, 1.165) is 22.6 Å². The quantitative estimate of drug-likeness (QED) is 0.580. The van der Waals surface area contributed by atoms with Gasteiger partial charge in [0.2, 0.25) is 5.91 Å². The zero-order valence-electron chi connectivity index (χ0n) is 18.2. The van der Waals surface area contributed by atoms with E-state index in [-0.39, 0.29) is 24.4 Å². The maximum absolute atomic E-state index is 12.9. The Morgan fingerprint density at radius 2 is 1.68 bits per heavy atom. The van der Waals surface area contributed by atoms with E-state index in [9.17, 15) is 9.59 Å². The van der Waals surface area contributed by atoms with Crippen molar-refractivity contribution in [1.82, 2.24) is 10.2 Å². The standard InChI is InChI=1S/C25H29N3O3/c1-19(2)26-25(30)28(17-20-9-5-4-6-10-20)22-12-7-11-21(15-22)16-24(29)27(3)18-23-13-8-14-31-23/h4-15,19H,16-18H2,1-3H3,(H,26,30). The zero-order chi connectivity index (χ0) is 22.2. The summed E-state index contributed by atoms with van der Waals surface area (Å²) in [5, 5.41) is 2.97. The van der Waals surface area contributed by atoms with Crippen molar-refractivity contribution in [2.45, 2.75) is 39.4 Å². The molecule has 0 spiro atoms. The van der Waals surface area contributed by atoms with E-state index in [1.807, 2.05) is 74.5 Å². The normalized spacial score (nSPS) is 10.7. The van der Waals surface area contributed by atoms with Crippen molar-refractivity contribution in [1.29, 1.82) is 0 Å². The molecule has 1 aromatic heterocycles. The first kappa shape index (κ1) is 22.2. The maximum atomic E-state index is 12.9. The summed E-state index contributed by atoms with van der Waals surface area (Å²) >= 11 is 0. The van der Waals surface area contributed by atoms with Crippen LogP contribution < -0.4 is 10.2 Å². The molecule has 1 N–H and O–H groups in total. The molecular formula is C25H29N3O3. The number of urea groups is 1. The smallest absolute Gasteiger partial charge is 0.322 e. The van der Waals surface area contributed by atoms with Crippen molar-refractivity contribution in [3.05, 3.63) is 89.9 Å². The number of furan rings is 1. The van der Waals surface area contributed by atoms with Crippen molar-refractivity contribution in [2.75, 3.05) is 11.9 Å². The summed E-state index contributed by atoms with van der Waals surface area (Å²) in [6.07, 6.45) is 1.84. The van der Waals surface area contributed by atoms with Crippen LogP contribution in [0.3, 0.4) is 0 Å². The zero-order valence-corrected chi connectivity index (χ0v) is 18.2. The second-order valence-electron chi connectivity index (χ2n) is 7.85. The Hall–Kier alpha value is -3.54. The van der Waals surface area contributed by atoms with Gasteiger partial charge in [-0.1, -0.05) is 42.5 Å². The van der Waals surface area contributed by atoms with Crippen molar-refractivity contribution >= 4 is 17.6 Å². The largest absolute Gasteiger partial charge is 0.467 e. The van der Waals surface area contributed by atoms with Crippen LogP contribution in [0.2, 0.25) is 0 Å². The van der Waals surface area contributed by atoms with Gasteiger partial charge in [0.15, 0.2) is 0 Å². The summed E-state index contributed by atoms with van der Waals surface area (Å²) in [5.41, 5.74) is 2.63.